The number of carbonyl (C=O) groups excluding carboxylic acids is 1. The summed E-state index contributed by atoms with van der Waals surface area (Å²) in [6.45, 7) is -0.438. The minimum Gasteiger partial charge on any atom is -0.481 e. The Hall–Kier alpha value is -2.67. The lowest BCUT2D eigenvalue weighted by atomic mass is 10.3. The topological polar surface area (TPSA) is 56.2 Å². The number of halogens is 3. The summed E-state index contributed by atoms with van der Waals surface area (Å²) in [4.78, 5) is 16.2. The summed E-state index contributed by atoms with van der Waals surface area (Å²) >= 11 is 5.91. The first-order valence-corrected chi connectivity index (χ1v) is 7.31. The van der Waals surface area contributed by atoms with E-state index in [1.807, 2.05) is 0 Å². The summed E-state index contributed by atoms with van der Waals surface area (Å²) in [5.41, 5.74) is 1.42. The van der Waals surface area contributed by atoms with Crippen LogP contribution >= 0.6 is 11.6 Å². The minimum atomic E-state index is -0.875. The van der Waals surface area contributed by atoms with Crippen molar-refractivity contribution in [3.05, 3.63) is 53.1 Å². The number of amides is 1. The number of ether oxygens (including phenoxy) is 1. The van der Waals surface area contributed by atoms with Crippen molar-refractivity contribution < 1.29 is 18.3 Å². The fraction of sp³-hybridized carbons (Fsp3) is 0.125. The Morgan fingerprint density at radius 1 is 1.29 bits per heavy atom. The Labute approximate surface area is 140 Å². The molecule has 1 heterocycles. The fourth-order valence-corrected chi connectivity index (χ4v) is 2.35. The van der Waals surface area contributed by atoms with E-state index in [1.165, 1.54) is 0 Å². The van der Waals surface area contributed by atoms with Gasteiger partial charge in [0.15, 0.2) is 18.2 Å². The van der Waals surface area contributed by atoms with Crippen LogP contribution in [0.3, 0.4) is 0 Å². The van der Waals surface area contributed by atoms with E-state index in [4.69, 9.17) is 16.3 Å². The summed E-state index contributed by atoms with van der Waals surface area (Å²) in [7, 11) is 1.74. The summed E-state index contributed by atoms with van der Waals surface area (Å²) in [5, 5.41) is 3.10. The van der Waals surface area contributed by atoms with Crippen molar-refractivity contribution in [2.75, 3.05) is 11.9 Å². The summed E-state index contributed by atoms with van der Waals surface area (Å²) in [6.07, 6.45) is 0. The number of carbonyl (C=O) groups is 1. The van der Waals surface area contributed by atoms with E-state index in [0.717, 1.165) is 17.6 Å². The van der Waals surface area contributed by atoms with Crippen LogP contribution in [0.15, 0.2) is 36.4 Å². The third kappa shape index (κ3) is 3.30. The van der Waals surface area contributed by atoms with Crippen LogP contribution < -0.4 is 10.1 Å². The van der Waals surface area contributed by atoms with E-state index in [1.54, 1.807) is 29.8 Å². The number of hydrogen-bond acceptors (Lipinski definition) is 3. The highest BCUT2D eigenvalue weighted by Gasteiger charge is 2.13. The van der Waals surface area contributed by atoms with Gasteiger partial charge in [0.1, 0.15) is 5.82 Å². The van der Waals surface area contributed by atoms with Crippen LogP contribution in [0.5, 0.6) is 5.75 Å². The molecule has 0 bridgehead atoms. The Bertz CT molecular complexity index is 927. The zero-order chi connectivity index (χ0) is 17.3. The smallest absolute Gasteiger partial charge is 0.264 e. The number of aromatic nitrogens is 2. The SMILES string of the molecule is Cn1c(NC(=O)COc2ccc(F)cc2F)nc2cc(Cl)ccc21. The van der Waals surface area contributed by atoms with Gasteiger partial charge in [0.05, 0.1) is 11.0 Å². The zero-order valence-electron chi connectivity index (χ0n) is 12.5. The second kappa shape index (κ2) is 6.45. The molecule has 3 aromatic rings. The van der Waals surface area contributed by atoms with Crippen LogP contribution in [0.25, 0.3) is 11.0 Å². The molecule has 24 heavy (non-hydrogen) atoms. The minimum absolute atomic E-state index is 0.205. The van der Waals surface area contributed by atoms with Gasteiger partial charge < -0.3 is 9.30 Å². The van der Waals surface area contributed by atoms with E-state index in [-0.39, 0.29) is 5.75 Å². The molecule has 0 fully saturated rings. The molecule has 1 aromatic heterocycles. The number of aryl methyl sites for hydroxylation is 1. The molecule has 0 saturated carbocycles. The van der Waals surface area contributed by atoms with E-state index in [9.17, 15) is 13.6 Å². The van der Waals surface area contributed by atoms with Gasteiger partial charge in [-0.2, -0.15) is 0 Å². The molecule has 0 unspecified atom stereocenters. The van der Waals surface area contributed by atoms with Crippen molar-refractivity contribution in [2.45, 2.75) is 0 Å². The van der Waals surface area contributed by atoms with E-state index in [2.05, 4.69) is 10.3 Å². The van der Waals surface area contributed by atoms with Crippen LogP contribution in [0.1, 0.15) is 0 Å². The van der Waals surface area contributed by atoms with Crippen LogP contribution in [0.2, 0.25) is 5.02 Å². The van der Waals surface area contributed by atoms with Gasteiger partial charge in [-0.25, -0.2) is 13.8 Å². The molecule has 0 aliphatic heterocycles. The molecule has 0 spiro atoms. The molecule has 0 saturated heterocycles. The maximum atomic E-state index is 13.4. The number of nitrogens with zero attached hydrogens (tertiary/aromatic N) is 2. The van der Waals surface area contributed by atoms with Crippen molar-refractivity contribution in [2.24, 2.45) is 7.05 Å². The maximum Gasteiger partial charge on any atom is 0.264 e. The highest BCUT2D eigenvalue weighted by Crippen LogP contribution is 2.22. The second-order valence-electron chi connectivity index (χ2n) is 5.04. The largest absolute Gasteiger partial charge is 0.481 e. The average Bonchev–Trinajstić information content (AvgIpc) is 2.82. The van der Waals surface area contributed by atoms with Gasteiger partial charge in [-0.15, -0.1) is 0 Å². The first kappa shape index (κ1) is 16.2. The van der Waals surface area contributed by atoms with Gasteiger partial charge in [0.25, 0.3) is 5.91 Å². The molecule has 5 nitrogen and oxygen atoms in total. The van der Waals surface area contributed by atoms with Crippen molar-refractivity contribution in [3.63, 3.8) is 0 Å². The maximum absolute atomic E-state index is 13.4. The Balaban J connectivity index is 1.70. The molecule has 8 heteroatoms. The predicted molar refractivity (Wildman–Crippen MR) is 86.2 cm³/mol. The van der Waals surface area contributed by atoms with Crippen LogP contribution in [-0.2, 0) is 11.8 Å². The molecular weight excluding hydrogens is 340 g/mol. The van der Waals surface area contributed by atoms with Crippen molar-refractivity contribution in [3.8, 4) is 5.75 Å². The van der Waals surface area contributed by atoms with Gasteiger partial charge >= 0.3 is 0 Å². The first-order chi connectivity index (χ1) is 11.4. The molecule has 3 rings (SSSR count). The Morgan fingerprint density at radius 3 is 2.83 bits per heavy atom. The van der Waals surface area contributed by atoms with E-state index < -0.39 is 24.1 Å². The standard InChI is InChI=1S/C16H12ClF2N3O2/c1-22-13-4-2-9(17)6-12(13)20-16(22)21-15(23)8-24-14-5-3-10(18)7-11(14)19/h2-7H,8H2,1H3,(H,20,21,23). The monoisotopic (exact) mass is 351 g/mol. The van der Waals surface area contributed by atoms with E-state index in [0.29, 0.717) is 22.6 Å². The molecule has 0 aliphatic rings. The molecular formula is C16H12ClF2N3O2. The number of imidazole rings is 1. The number of fused-ring (bicyclic) bond motifs is 1. The highest BCUT2D eigenvalue weighted by molar-refractivity contribution is 6.31. The molecule has 124 valence electrons. The van der Waals surface area contributed by atoms with Crippen LogP contribution in [-0.4, -0.2) is 22.1 Å². The second-order valence-corrected chi connectivity index (χ2v) is 5.48. The lowest BCUT2D eigenvalue weighted by Gasteiger charge is -2.08. The third-order valence-corrected chi connectivity index (χ3v) is 3.58. The molecule has 0 radical (unpaired) electrons. The summed E-state index contributed by atoms with van der Waals surface area (Å²) < 4.78 is 33.0. The molecule has 2 aromatic carbocycles. The van der Waals surface area contributed by atoms with Gasteiger partial charge in [-0.05, 0) is 30.3 Å². The quantitative estimate of drug-likeness (QED) is 0.782. The van der Waals surface area contributed by atoms with Crippen molar-refractivity contribution in [1.29, 1.82) is 0 Å². The Morgan fingerprint density at radius 2 is 2.08 bits per heavy atom. The van der Waals surface area contributed by atoms with Gasteiger partial charge in [-0.3, -0.25) is 10.1 Å². The van der Waals surface area contributed by atoms with Crippen LogP contribution in [0.4, 0.5) is 14.7 Å². The number of benzene rings is 2. The van der Waals surface area contributed by atoms with Gasteiger partial charge in [0, 0.05) is 18.1 Å². The highest BCUT2D eigenvalue weighted by atomic mass is 35.5. The van der Waals surface area contributed by atoms with Crippen molar-refractivity contribution in [1.82, 2.24) is 9.55 Å². The lowest BCUT2D eigenvalue weighted by molar-refractivity contribution is -0.118. The summed E-state index contributed by atoms with van der Waals surface area (Å²) in [6, 6.07) is 8.03. The zero-order valence-corrected chi connectivity index (χ0v) is 13.3. The lowest BCUT2D eigenvalue weighted by Crippen LogP contribution is -2.22. The molecule has 0 aliphatic carbocycles. The number of rotatable bonds is 4. The average molecular weight is 352 g/mol. The number of anilines is 1. The molecule has 1 amide bonds. The summed E-state index contributed by atoms with van der Waals surface area (Å²) in [5.74, 6) is -2.02. The third-order valence-electron chi connectivity index (χ3n) is 3.35. The first-order valence-electron chi connectivity index (χ1n) is 6.94. The van der Waals surface area contributed by atoms with Crippen LogP contribution in [0, 0.1) is 11.6 Å². The Kier molecular flexibility index (Phi) is 4.35. The predicted octanol–water partition coefficient (Wildman–Crippen LogP) is 3.52. The molecule has 1 N–H and O–H groups in total. The van der Waals surface area contributed by atoms with Crippen molar-refractivity contribution >= 4 is 34.5 Å². The van der Waals surface area contributed by atoms with Gasteiger partial charge in [0.2, 0.25) is 5.95 Å². The van der Waals surface area contributed by atoms with Gasteiger partial charge in [-0.1, -0.05) is 11.6 Å². The van der Waals surface area contributed by atoms with E-state index >= 15 is 0 Å². The number of hydrogen-bond donors (Lipinski definition) is 1. The number of nitrogens with one attached hydrogen (secondary N) is 1. The normalized spacial score (nSPS) is 10.8. The molecule has 0 atom stereocenters. The fourth-order valence-electron chi connectivity index (χ4n) is 2.18.